The molecule has 1 aliphatic carbocycles. The van der Waals surface area contributed by atoms with Crippen molar-refractivity contribution in [3.05, 3.63) is 99.5 Å². The van der Waals surface area contributed by atoms with Crippen LogP contribution in [0.1, 0.15) is 99.5 Å². The van der Waals surface area contributed by atoms with Gasteiger partial charge in [-0.15, -0.1) is 0 Å². The lowest BCUT2D eigenvalue weighted by Gasteiger charge is -2.40. The zero-order chi connectivity index (χ0) is 30.8. The van der Waals surface area contributed by atoms with Crippen LogP contribution in [0.5, 0.6) is 5.75 Å². The smallest absolute Gasteiger partial charge is 0.250 e. The number of aliphatic hydroxyl groups is 1. The number of rotatable bonds is 10. The van der Waals surface area contributed by atoms with Crippen LogP contribution < -0.4 is 10.3 Å². The molecule has 3 atom stereocenters. The van der Waals surface area contributed by atoms with Crippen LogP contribution in [0.4, 0.5) is 8.78 Å². The fourth-order valence-electron chi connectivity index (χ4n) is 6.95. The topological polar surface area (TPSA) is 68.5 Å². The second-order valence-corrected chi connectivity index (χ2v) is 13.9. The van der Waals surface area contributed by atoms with Crippen molar-refractivity contribution in [3.8, 4) is 5.75 Å². The van der Waals surface area contributed by atoms with Crippen LogP contribution in [0.25, 0.3) is 0 Å². The molecule has 2 heterocycles. The Morgan fingerprint density at radius 2 is 1.81 bits per heavy atom. The largest absolute Gasteiger partial charge is 0.484 e. The van der Waals surface area contributed by atoms with Crippen molar-refractivity contribution < 1.29 is 23.4 Å². The maximum absolute atomic E-state index is 14.9. The summed E-state index contributed by atoms with van der Waals surface area (Å²) in [4.78, 5) is 26.0. The van der Waals surface area contributed by atoms with E-state index in [4.69, 9.17) is 4.74 Å². The van der Waals surface area contributed by atoms with Gasteiger partial charge in [-0.3, -0.25) is 9.59 Å². The van der Waals surface area contributed by atoms with Gasteiger partial charge in [0.15, 0.2) is 17.3 Å². The number of Topliss-reactive ketones (excluding diaryl/α,β-unsaturated/α-hetero) is 1. The first-order chi connectivity index (χ1) is 20.4. The Labute approximate surface area is 252 Å². The highest BCUT2D eigenvalue weighted by Gasteiger charge is 2.44. The van der Waals surface area contributed by atoms with E-state index in [9.17, 15) is 23.5 Å². The van der Waals surface area contributed by atoms with Crippen LogP contribution in [-0.2, 0) is 13.0 Å². The Hall–Kier alpha value is -3.32. The summed E-state index contributed by atoms with van der Waals surface area (Å²) >= 11 is 0. The number of nitrogens with zero attached hydrogens (tertiary/aromatic N) is 1. The maximum atomic E-state index is 14.9. The van der Waals surface area contributed by atoms with E-state index in [1.165, 1.54) is 12.1 Å². The Morgan fingerprint density at radius 1 is 1.09 bits per heavy atom. The number of benzene rings is 2. The number of carbonyl (C=O) groups is 1. The number of hydrogen-bond acceptors (Lipinski definition) is 4. The van der Waals surface area contributed by atoms with E-state index in [0.717, 1.165) is 37.3 Å². The third-order valence-corrected chi connectivity index (χ3v) is 9.02. The molecule has 1 aromatic heterocycles. The lowest BCUT2D eigenvalue weighted by molar-refractivity contribution is 0.0301. The zero-order valence-corrected chi connectivity index (χ0v) is 25.5. The number of pyridine rings is 1. The summed E-state index contributed by atoms with van der Waals surface area (Å²) < 4.78 is 37.0. The number of carbonyl (C=O) groups excluding carboxylic acids is 1. The Balaban J connectivity index is 1.36. The van der Waals surface area contributed by atoms with Crippen molar-refractivity contribution in [2.45, 2.75) is 103 Å². The molecule has 1 fully saturated rings. The normalized spacial score (nSPS) is 19.1. The number of fused-ring (bicyclic) bond motifs is 1. The second kappa shape index (κ2) is 12.7. The second-order valence-electron chi connectivity index (χ2n) is 13.9. The minimum atomic E-state index is -0.811. The molecule has 2 aromatic carbocycles. The predicted octanol–water partition coefficient (Wildman–Crippen LogP) is 7.62. The molecule has 0 bridgehead atoms. The van der Waals surface area contributed by atoms with Crippen LogP contribution in [-0.4, -0.2) is 27.2 Å². The van der Waals surface area contributed by atoms with Gasteiger partial charge in [0.05, 0.1) is 6.10 Å². The van der Waals surface area contributed by atoms with E-state index in [-0.39, 0.29) is 40.8 Å². The van der Waals surface area contributed by atoms with Crippen LogP contribution in [0.2, 0.25) is 0 Å². The highest BCUT2D eigenvalue weighted by Crippen LogP contribution is 2.50. The Kier molecular flexibility index (Phi) is 9.21. The molecule has 1 N–H and O–H groups in total. The number of aromatic nitrogens is 1. The summed E-state index contributed by atoms with van der Waals surface area (Å²) in [7, 11) is 0. The van der Waals surface area contributed by atoms with Crippen LogP contribution >= 0.6 is 0 Å². The van der Waals surface area contributed by atoms with Gasteiger partial charge in [-0.05, 0) is 86.3 Å². The van der Waals surface area contributed by atoms with Crippen molar-refractivity contribution in [1.29, 1.82) is 0 Å². The molecule has 7 heteroatoms. The predicted molar refractivity (Wildman–Crippen MR) is 164 cm³/mol. The summed E-state index contributed by atoms with van der Waals surface area (Å²) in [6.07, 6.45) is 6.71. The number of ketones is 1. The molecule has 5 nitrogen and oxygen atoms in total. The molecular formula is C36H43F2NO4. The molecule has 5 rings (SSSR count). The lowest BCUT2D eigenvalue weighted by atomic mass is 9.77. The summed E-state index contributed by atoms with van der Waals surface area (Å²) in [5.74, 6) is -1.82. The molecule has 43 heavy (non-hydrogen) atoms. The summed E-state index contributed by atoms with van der Waals surface area (Å²) in [5.41, 5.74) is 1.25. The first kappa shape index (κ1) is 31.1. The number of ether oxygens (including phenoxy) is 1. The number of halogens is 2. The minimum Gasteiger partial charge on any atom is -0.484 e. The third kappa shape index (κ3) is 7.61. The van der Waals surface area contributed by atoms with Crippen molar-refractivity contribution in [2.24, 2.45) is 11.3 Å². The first-order valence-electron chi connectivity index (χ1n) is 15.6. The van der Waals surface area contributed by atoms with Crippen molar-refractivity contribution in [2.75, 3.05) is 0 Å². The molecule has 230 valence electrons. The number of aliphatic hydroxyl groups excluding tert-OH is 1. The lowest BCUT2D eigenvalue weighted by Crippen LogP contribution is -2.39. The fourth-order valence-corrected chi connectivity index (χ4v) is 6.95. The van der Waals surface area contributed by atoms with Crippen LogP contribution in [0.3, 0.4) is 0 Å². The molecule has 3 aromatic rings. The van der Waals surface area contributed by atoms with Crippen molar-refractivity contribution >= 4 is 5.78 Å². The zero-order valence-electron chi connectivity index (χ0n) is 25.5. The highest BCUT2D eigenvalue weighted by atomic mass is 19.1. The fraction of sp³-hybridized carbons (Fsp3) is 0.500. The molecule has 1 saturated carbocycles. The summed E-state index contributed by atoms with van der Waals surface area (Å²) in [6, 6.07) is 15.0. The molecule has 0 unspecified atom stereocenters. The van der Waals surface area contributed by atoms with E-state index in [1.54, 1.807) is 16.8 Å². The third-order valence-electron chi connectivity index (χ3n) is 9.02. The van der Waals surface area contributed by atoms with E-state index in [1.807, 2.05) is 51.1 Å². The highest BCUT2D eigenvalue weighted by molar-refractivity contribution is 5.95. The van der Waals surface area contributed by atoms with E-state index in [2.05, 4.69) is 0 Å². The summed E-state index contributed by atoms with van der Waals surface area (Å²) in [5, 5.41) is 11.6. The van der Waals surface area contributed by atoms with Crippen LogP contribution in [0.15, 0.2) is 65.6 Å². The number of hydrogen-bond donors (Lipinski definition) is 1. The standard InChI is InChI=1S/C36H43F2NO4/c1-35(2,3)23-39-22-26(12-14-33(39)42)32(41)18-27(17-24-9-5-4-6-10-24)31(40)13-11-25-21-36(15-7-8-16-36)43-34-29(25)19-28(37)20-30(34)38/h4-6,9-10,12,14,19-20,22,25,27,31,40H,7-8,11,13,15-18,21,23H2,1-3H3/t25-,27+,31+/m0/s1. The van der Waals surface area contributed by atoms with Gasteiger partial charge in [-0.1, -0.05) is 51.1 Å². The van der Waals surface area contributed by atoms with Gasteiger partial charge in [-0.2, -0.15) is 0 Å². The summed E-state index contributed by atoms with van der Waals surface area (Å²) in [6.45, 7) is 6.59. The van der Waals surface area contributed by atoms with Gasteiger partial charge in [0, 0.05) is 42.4 Å². The first-order valence-corrected chi connectivity index (χ1v) is 15.6. The van der Waals surface area contributed by atoms with Gasteiger partial charge in [0.2, 0.25) is 0 Å². The molecule has 1 aliphatic heterocycles. The van der Waals surface area contributed by atoms with Gasteiger partial charge in [0.25, 0.3) is 5.56 Å². The minimum absolute atomic E-state index is 0.112. The van der Waals surface area contributed by atoms with Crippen molar-refractivity contribution in [3.63, 3.8) is 0 Å². The quantitative estimate of drug-likeness (QED) is 0.246. The molecule has 0 saturated heterocycles. The maximum Gasteiger partial charge on any atom is 0.250 e. The monoisotopic (exact) mass is 591 g/mol. The van der Waals surface area contributed by atoms with Crippen LogP contribution in [0, 0.1) is 23.0 Å². The molecule has 2 aliphatic rings. The molecule has 0 amide bonds. The molecular weight excluding hydrogens is 548 g/mol. The van der Waals surface area contributed by atoms with E-state index >= 15 is 0 Å². The average Bonchev–Trinajstić information content (AvgIpc) is 3.40. The van der Waals surface area contributed by atoms with E-state index in [0.29, 0.717) is 43.4 Å². The molecule has 0 radical (unpaired) electrons. The Morgan fingerprint density at radius 3 is 2.51 bits per heavy atom. The molecule has 1 spiro atoms. The SMILES string of the molecule is CC(C)(C)Cn1cc(C(=O)C[C@@H](Cc2ccccc2)[C@H](O)CC[C@H]2CC3(CCCC3)Oc3c(F)cc(F)cc32)ccc1=O. The Bertz CT molecular complexity index is 1490. The van der Waals surface area contributed by atoms with Gasteiger partial charge in [0.1, 0.15) is 11.4 Å². The van der Waals surface area contributed by atoms with Crippen molar-refractivity contribution in [1.82, 2.24) is 4.57 Å². The van der Waals surface area contributed by atoms with Gasteiger partial charge < -0.3 is 14.4 Å². The van der Waals surface area contributed by atoms with Gasteiger partial charge >= 0.3 is 0 Å². The van der Waals surface area contributed by atoms with Gasteiger partial charge in [-0.25, -0.2) is 8.78 Å². The average molecular weight is 592 g/mol. The van der Waals surface area contributed by atoms with E-state index < -0.39 is 23.3 Å².